The Balaban J connectivity index is 1.84. The molecule has 0 aliphatic carbocycles. The van der Waals surface area contributed by atoms with Gasteiger partial charge in [0.15, 0.2) is 0 Å². The van der Waals surface area contributed by atoms with Crippen LogP contribution in [-0.4, -0.2) is 86.8 Å². The van der Waals surface area contributed by atoms with Crippen molar-refractivity contribution in [3.63, 3.8) is 0 Å². The van der Waals surface area contributed by atoms with Gasteiger partial charge in [-0.15, -0.1) is 0 Å². The van der Waals surface area contributed by atoms with Gasteiger partial charge in [0, 0.05) is 45.7 Å². The lowest BCUT2D eigenvalue weighted by molar-refractivity contribution is -0.132. The van der Waals surface area contributed by atoms with E-state index >= 15 is 0 Å². The summed E-state index contributed by atoms with van der Waals surface area (Å²) in [6.07, 6.45) is 0.416. The van der Waals surface area contributed by atoms with Gasteiger partial charge in [-0.1, -0.05) is 30.1 Å². The molecule has 0 N–H and O–H groups in total. The molecule has 0 atom stereocenters. The van der Waals surface area contributed by atoms with E-state index in [4.69, 9.17) is 27.9 Å². The summed E-state index contributed by atoms with van der Waals surface area (Å²) >= 11 is 12.4. The molecule has 1 aromatic rings. The third-order valence-corrected chi connectivity index (χ3v) is 7.74. The topological polar surface area (TPSA) is 87.2 Å². The SMILES string of the molecule is CCC(=O)N1CCN(C(=O)c2cc(S(=O)(=O)N3CCOCC3)c(Cl)cc2Cl)CC1. The van der Waals surface area contributed by atoms with Crippen LogP contribution in [0, 0.1) is 0 Å². The molecule has 29 heavy (non-hydrogen) atoms. The maximum atomic E-state index is 13.0. The van der Waals surface area contributed by atoms with Crippen LogP contribution in [-0.2, 0) is 19.6 Å². The van der Waals surface area contributed by atoms with Crippen LogP contribution < -0.4 is 0 Å². The van der Waals surface area contributed by atoms with Crippen molar-refractivity contribution in [2.75, 3.05) is 52.5 Å². The minimum Gasteiger partial charge on any atom is -0.379 e. The molecule has 8 nitrogen and oxygen atoms in total. The highest BCUT2D eigenvalue weighted by Crippen LogP contribution is 2.32. The molecule has 0 bridgehead atoms. The number of carbonyl (C=O) groups excluding carboxylic acids is 2. The smallest absolute Gasteiger partial charge is 0.255 e. The molecule has 1 aromatic carbocycles. The van der Waals surface area contributed by atoms with Crippen LogP contribution in [0.5, 0.6) is 0 Å². The van der Waals surface area contributed by atoms with Gasteiger partial charge in [-0.2, -0.15) is 4.31 Å². The van der Waals surface area contributed by atoms with Crippen molar-refractivity contribution in [2.24, 2.45) is 0 Å². The summed E-state index contributed by atoms with van der Waals surface area (Å²) in [4.78, 5) is 28.0. The second kappa shape index (κ2) is 9.18. The number of nitrogens with zero attached hydrogens (tertiary/aromatic N) is 3. The predicted molar refractivity (Wildman–Crippen MR) is 109 cm³/mol. The van der Waals surface area contributed by atoms with E-state index < -0.39 is 10.0 Å². The van der Waals surface area contributed by atoms with Gasteiger partial charge in [0.05, 0.1) is 28.8 Å². The molecule has 160 valence electrons. The number of amides is 2. The predicted octanol–water partition coefficient (Wildman–Crippen LogP) is 1.71. The summed E-state index contributed by atoms with van der Waals surface area (Å²) in [7, 11) is -3.88. The number of hydrogen-bond donors (Lipinski definition) is 0. The second-order valence-electron chi connectivity index (χ2n) is 6.81. The zero-order chi connectivity index (χ0) is 21.2. The van der Waals surface area contributed by atoms with Gasteiger partial charge >= 0.3 is 0 Å². The highest BCUT2D eigenvalue weighted by Gasteiger charge is 2.31. The van der Waals surface area contributed by atoms with E-state index in [9.17, 15) is 18.0 Å². The van der Waals surface area contributed by atoms with E-state index in [1.807, 2.05) is 0 Å². The minimum absolute atomic E-state index is 0.0311. The number of hydrogen-bond acceptors (Lipinski definition) is 5. The lowest BCUT2D eigenvalue weighted by atomic mass is 10.1. The van der Waals surface area contributed by atoms with Gasteiger partial charge < -0.3 is 14.5 Å². The van der Waals surface area contributed by atoms with Crippen molar-refractivity contribution in [1.82, 2.24) is 14.1 Å². The summed E-state index contributed by atoms with van der Waals surface area (Å²) in [5.41, 5.74) is 0.0816. The van der Waals surface area contributed by atoms with Crippen LogP contribution in [0.2, 0.25) is 10.0 Å². The third kappa shape index (κ3) is 4.69. The van der Waals surface area contributed by atoms with Crippen molar-refractivity contribution in [1.29, 1.82) is 0 Å². The third-order valence-electron chi connectivity index (χ3n) is 5.06. The van der Waals surface area contributed by atoms with Crippen molar-refractivity contribution in [3.8, 4) is 0 Å². The van der Waals surface area contributed by atoms with Gasteiger partial charge in [-0.25, -0.2) is 8.42 Å². The number of piperazine rings is 1. The Kier molecular flexibility index (Phi) is 7.06. The zero-order valence-corrected chi connectivity index (χ0v) is 18.4. The molecule has 2 amide bonds. The maximum Gasteiger partial charge on any atom is 0.255 e. The van der Waals surface area contributed by atoms with Crippen molar-refractivity contribution in [2.45, 2.75) is 18.2 Å². The molecule has 11 heteroatoms. The van der Waals surface area contributed by atoms with Crippen molar-refractivity contribution >= 4 is 45.0 Å². The first-order valence-electron chi connectivity index (χ1n) is 9.39. The summed E-state index contributed by atoms with van der Waals surface area (Å²) < 4.78 is 32.5. The van der Waals surface area contributed by atoms with Gasteiger partial charge in [0.1, 0.15) is 4.90 Å². The highest BCUT2D eigenvalue weighted by atomic mass is 35.5. The fraction of sp³-hybridized carbons (Fsp3) is 0.556. The number of ether oxygens (including phenoxy) is 1. The number of sulfonamides is 1. The van der Waals surface area contributed by atoms with Gasteiger partial charge in [-0.3, -0.25) is 9.59 Å². The molecular formula is C18H23Cl2N3O5S. The number of halogens is 2. The molecule has 0 saturated carbocycles. The largest absolute Gasteiger partial charge is 0.379 e. The molecule has 0 radical (unpaired) electrons. The molecular weight excluding hydrogens is 441 g/mol. The average Bonchev–Trinajstić information content (AvgIpc) is 2.73. The van der Waals surface area contributed by atoms with Crippen molar-refractivity contribution < 1.29 is 22.7 Å². The molecule has 2 heterocycles. The first-order valence-corrected chi connectivity index (χ1v) is 11.6. The molecule has 2 fully saturated rings. The quantitative estimate of drug-likeness (QED) is 0.677. The van der Waals surface area contributed by atoms with Crippen LogP contribution in [0.4, 0.5) is 0 Å². The van der Waals surface area contributed by atoms with Gasteiger partial charge in [0.2, 0.25) is 15.9 Å². The van der Waals surface area contributed by atoms with E-state index in [0.29, 0.717) is 45.8 Å². The Bertz CT molecular complexity index is 895. The number of morpholine rings is 1. The maximum absolute atomic E-state index is 13.0. The normalized spacial score (nSPS) is 18.7. The Hall–Kier alpha value is -1.39. The van der Waals surface area contributed by atoms with Crippen LogP contribution in [0.25, 0.3) is 0 Å². The number of carbonyl (C=O) groups is 2. The highest BCUT2D eigenvalue weighted by molar-refractivity contribution is 7.89. The van der Waals surface area contributed by atoms with Crippen LogP contribution in [0.15, 0.2) is 17.0 Å². The molecule has 0 unspecified atom stereocenters. The Morgan fingerprint density at radius 2 is 1.55 bits per heavy atom. The van der Waals surface area contributed by atoms with E-state index in [1.54, 1.807) is 16.7 Å². The zero-order valence-electron chi connectivity index (χ0n) is 16.1. The molecule has 2 saturated heterocycles. The summed E-state index contributed by atoms with van der Waals surface area (Å²) in [6.45, 7) is 4.42. The lowest BCUT2D eigenvalue weighted by Crippen LogP contribution is -2.50. The summed E-state index contributed by atoms with van der Waals surface area (Å²) in [6, 6.07) is 2.54. The van der Waals surface area contributed by atoms with E-state index in [0.717, 1.165) is 0 Å². The lowest BCUT2D eigenvalue weighted by Gasteiger charge is -2.35. The van der Waals surface area contributed by atoms with Crippen LogP contribution in [0.3, 0.4) is 0 Å². The summed E-state index contributed by atoms with van der Waals surface area (Å²) in [5.74, 6) is -0.339. The standard InChI is InChI=1S/C18H23Cl2N3O5S/c1-2-17(24)21-3-5-22(6-4-21)18(25)13-11-16(15(20)12-14(13)19)29(26,27)23-7-9-28-10-8-23/h11-12H,2-10H2,1H3. The first kappa shape index (κ1) is 22.3. The fourth-order valence-corrected chi connectivity index (χ4v) is 5.61. The second-order valence-corrected chi connectivity index (χ2v) is 9.53. The van der Waals surface area contributed by atoms with Gasteiger partial charge in [-0.05, 0) is 12.1 Å². The first-order chi connectivity index (χ1) is 13.8. The average molecular weight is 464 g/mol. The Labute approximate surface area is 180 Å². The number of benzene rings is 1. The molecule has 0 aromatic heterocycles. The van der Waals surface area contributed by atoms with Crippen molar-refractivity contribution in [3.05, 3.63) is 27.7 Å². The van der Waals surface area contributed by atoms with Crippen LogP contribution >= 0.6 is 23.2 Å². The van der Waals surface area contributed by atoms with Gasteiger partial charge in [0.25, 0.3) is 5.91 Å². The Morgan fingerprint density at radius 1 is 0.966 bits per heavy atom. The fourth-order valence-electron chi connectivity index (χ4n) is 3.37. The molecule has 2 aliphatic heterocycles. The summed E-state index contributed by atoms with van der Waals surface area (Å²) in [5, 5.41) is 0.0596. The molecule has 3 rings (SSSR count). The van der Waals surface area contributed by atoms with Crippen LogP contribution in [0.1, 0.15) is 23.7 Å². The monoisotopic (exact) mass is 463 g/mol. The molecule has 0 spiro atoms. The van der Waals surface area contributed by atoms with E-state index in [1.165, 1.54) is 16.4 Å². The molecule has 2 aliphatic rings. The van der Waals surface area contributed by atoms with E-state index in [-0.39, 0.29) is 45.4 Å². The Morgan fingerprint density at radius 3 is 2.14 bits per heavy atom. The minimum atomic E-state index is -3.88. The number of rotatable bonds is 4. The van der Waals surface area contributed by atoms with E-state index in [2.05, 4.69) is 0 Å².